The van der Waals surface area contributed by atoms with Gasteiger partial charge in [0.1, 0.15) is 10.6 Å². The van der Waals surface area contributed by atoms with E-state index >= 15 is 0 Å². The molecule has 0 saturated carbocycles. The highest BCUT2D eigenvalue weighted by Gasteiger charge is 2.54. The highest BCUT2D eigenvalue weighted by molar-refractivity contribution is 6.41. The normalized spacial score (nSPS) is 14.8. The Balaban J connectivity index is 0.000000434. The third-order valence-electron chi connectivity index (χ3n) is 7.58. The Morgan fingerprint density at radius 3 is 2.17 bits per heavy atom. The van der Waals surface area contributed by atoms with E-state index in [1.165, 1.54) is 0 Å². The third-order valence-corrected chi connectivity index (χ3v) is 7.86. The lowest BCUT2D eigenvalue weighted by molar-refractivity contribution is -0.193. The van der Waals surface area contributed by atoms with Crippen LogP contribution in [0.1, 0.15) is 51.2 Å². The number of carbonyl (C=O) groups is 4. The van der Waals surface area contributed by atoms with Crippen molar-refractivity contribution in [3.8, 4) is 0 Å². The Morgan fingerprint density at radius 1 is 0.904 bits per heavy atom. The topological polar surface area (TPSA) is 156 Å². The van der Waals surface area contributed by atoms with Gasteiger partial charge in [-0.2, -0.15) is 31.3 Å². The first-order valence-electron chi connectivity index (χ1n) is 15.8. The van der Waals surface area contributed by atoms with Crippen LogP contribution < -0.4 is 16.0 Å². The molecule has 2 amide bonds. The molecule has 280 valence electrons. The molecule has 19 heteroatoms. The smallest absolute Gasteiger partial charge is 0.444 e. The summed E-state index contributed by atoms with van der Waals surface area (Å²) in [5.74, 6) is -5.76. The van der Waals surface area contributed by atoms with Crippen molar-refractivity contribution in [3.05, 3.63) is 59.0 Å². The van der Waals surface area contributed by atoms with E-state index in [-0.39, 0.29) is 17.9 Å². The lowest BCUT2D eigenvalue weighted by atomic mass is 9.93. The molecule has 2 aliphatic heterocycles. The summed E-state index contributed by atoms with van der Waals surface area (Å²) in [6, 6.07) is 7.83. The molecule has 52 heavy (non-hydrogen) atoms. The van der Waals surface area contributed by atoms with Gasteiger partial charge in [0.2, 0.25) is 11.9 Å². The minimum atomic E-state index is -5.77. The maximum absolute atomic E-state index is 13.1. The van der Waals surface area contributed by atoms with Crippen LogP contribution in [0, 0.1) is 5.92 Å². The summed E-state index contributed by atoms with van der Waals surface area (Å²) in [6.07, 6.45) is -3.37. The first-order chi connectivity index (χ1) is 24.2. The van der Waals surface area contributed by atoms with Crippen molar-refractivity contribution in [1.82, 2.24) is 19.9 Å². The Labute approximate surface area is 298 Å². The molecule has 1 aromatic carbocycles. The molecule has 1 fully saturated rings. The van der Waals surface area contributed by atoms with Crippen LogP contribution in [0.3, 0.4) is 0 Å². The van der Waals surface area contributed by atoms with E-state index in [1.807, 2.05) is 51.2 Å². The Bertz CT molecular complexity index is 1780. The molecule has 6 bridgehead atoms. The summed E-state index contributed by atoms with van der Waals surface area (Å²) < 4.78 is 72.4. The molecule has 1 saturated heterocycles. The number of halogens is 7. The number of piperidine rings is 1. The van der Waals surface area contributed by atoms with Gasteiger partial charge in [-0.1, -0.05) is 11.6 Å². The van der Waals surface area contributed by atoms with E-state index in [9.17, 15) is 45.5 Å². The number of fused-ring (bicyclic) bond motifs is 6. The van der Waals surface area contributed by atoms with Gasteiger partial charge in [-0.15, -0.1) is 0 Å². The molecule has 0 unspecified atom stereocenters. The number of aryl methyl sites for hydroxylation is 2. The first-order valence-corrected chi connectivity index (χ1v) is 16.2. The average molecular weight is 758 g/mol. The van der Waals surface area contributed by atoms with E-state index < -0.39 is 29.5 Å². The molecule has 0 aliphatic carbocycles. The second-order valence-electron chi connectivity index (χ2n) is 12.9. The number of likely N-dealkylation sites (tertiary alicyclic amines) is 1. The number of aromatic nitrogens is 3. The SMILES string of the molecule is CC(C)(C)OC(=O)N1CCC(CC(=O)Nc2ccc3cc2CCc2cncc(c2)Nc2ncc(Cl)c(n2)N3)CC1.O=C(C(=O)C(F)(F)F)C(F)(F)F. The van der Waals surface area contributed by atoms with E-state index in [2.05, 4.69) is 30.9 Å². The van der Waals surface area contributed by atoms with Gasteiger partial charge in [0.05, 0.1) is 18.1 Å². The highest BCUT2D eigenvalue weighted by Crippen LogP contribution is 2.30. The van der Waals surface area contributed by atoms with Gasteiger partial charge in [-0.25, -0.2) is 9.78 Å². The van der Waals surface area contributed by atoms with Crippen LogP contribution in [-0.4, -0.2) is 74.5 Å². The molecule has 5 rings (SSSR count). The number of amides is 2. The number of benzene rings is 1. The van der Waals surface area contributed by atoms with Gasteiger partial charge < -0.3 is 25.6 Å². The Kier molecular flexibility index (Phi) is 12.3. The summed E-state index contributed by atoms with van der Waals surface area (Å²) >= 11 is 6.37. The number of carbonyl (C=O) groups excluding carboxylic acids is 4. The minimum absolute atomic E-state index is 0.0352. The molecule has 2 aliphatic rings. The highest BCUT2D eigenvalue weighted by atomic mass is 35.5. The summed E-state index contributed by atoms with van der Waals surface area (Å²) in [5, 5.41) is 9.98. The number of ether oxygens (including phenoxy) is 1. The number of hydrogen-bond donors (Lipinski definition) is 3. The molecular formula is C33H34ClF6N7O5. The van der Waals surface area contributed by atoms with Crippen LogP contribution in [0.2, 0.25) is 5.02 Å². The van der Waals surface area contributed by atoms with Crippen LogP contribution in [0.15, 0.2) is 42.9 Å². The van der Waals surface area contributed by atoms with E-state index in [0.717, 1.165) is 47.5 Å². The number of Topliss-reactive ketones (excluding diaryl/α,β-unsaturated/α-hetero) is 2. The van der Waals surface area contributed by atoms with Gasteiger partial charge in [0, 0.05) is 37.1 Å². The van der Waals surface area contributed by atoms with Crippen molar-refractivity contribution in [2.45, 2.75) is 70.8 Å². The zero-order valence-electron chi connectivity index (χ0n) is 28.0. The van der Waals surface area contributed by atoms with Crippen LogP contribution >= 0.6 is 11.6 Å². The molecular weight excluding hydrogens is 724 g/mol. The number of anilines is 5. The predicted octanol–water partition coefficient (Wildman–Crippen LogP) is 7.34. The summed E-state index contributed by atoms with van der Waals surface area (Å²) in [6.45, 7) is 6.77. The van der Waals surface area contributed by atoms with Crippen molar-refractivity contribution in [2.75, 3.05) is 29.0 Å². The second kappa shape index (κ2) is 16.1. The molecule has 3 N–H and O–H groups in total. The van der Waals surface area contributed by atoms with Crippen LogP contribution in [-0.2, 0) is 32.0 Å². The summed E-state index contributed by atoms with van der Waals surface area (Å²) in [4.78, 5) is 59.6. The van der Waals surface area contributed by atoms with E-state index in [0.29, 0.717) is 42.7 Å². The number of nitrogens with zero attached hydrogens (tertiary/aromatic N) is 4. The largest absolute Gasteiger partial charge is 0.458 e. The fourth-order valence-corrected chi connectivity index (χ4v) is 5.26. The maximum atomic E-state index is 13.1. The summed E-state index contributed by atoms with van der Waals surface area (Å²) in [7, 11) is 0. The second-order valence-corrected chi connectivity index (χ2v) is 13.3. The van der Waals surface area contributed by atoms with Crippen molar-refractivity contribution in [3.63, 3.8) is 0 Å². The minimum Gasteiger partial charge on any atom is -0.444 e. The maximum Gasteiger partial charge on any atom is 0.458 e. The summed E-state index contributed by atoms with van der Waals surface area (Å²) in [5.41, 5.74) is 3.87. The molecule has 12 nitrogen and oxygen atoms in total. The molecule has 0 radical (unpaired) electrons. The van der Waals surface area contributed by atoms with Gasteiger partial charge in [0.15, 0.2) is 5.82 Å². The van der Waals surface area contributed by atoms with Gasteiger partial charge >= 0.3 is 30.0 Å². The zero-order chi connectivity index (χ0) is 38.4. The average Bonchev–Trinajstić information content (AvgIpc) is 3.05. The van der Waals surface area contributed by atoms with Crippen LogP contribution in [0.5, 0.6) is 0 Å². The molecule has 2 aromatic heterocycles. The molecule has 4 heterocycles. The van der Waals surface area contributed by atoms with Crippen LogP contribution in [0.4, 0.5) is 60.0 Å². The number of pyridine rings is 1. The van der Waals surface area contributed by atoms with Crippen molar-refractivity contribution in [1.29, 1.82) is 0 Å². The lowest BCUT2D eigenvalue weighted by Gasteiger charge is -2.33. The monoisotopic (exact) mass is 757 g/mol. The number of nitrogens with one attached hydrogen (secondary N) is 3. The predicted molar refractivity (Wildman–Crippen MR) is 178 cm³/mol. The number of alkyl halides is 6. The van der Waals surface area contributed by atoms with Crippen molar-refractivity contribution in [2.24, 2.45) is 5.92 Å². The van der Waals surface area contributed by atoms with Gasteiger partial charge in [-0.05, 0) is 87.8 Å². The van der Waals surface area contributed by atoms with E-state index in [1.54, 1.807) is 17.3 Å². The quantitative estimate of drug-likeness (QED) is 0.182. The fraction of sp³-hybridized carbons (Fsp3) is 0.424. The van der Waals surface area contributed by atoms with Crippen molar-refractivity contribution >= 4 is 64.0 Å². The molecule has 0 spiro atoms. The van der Waals surface area contributed by atoms with Gasteiger partial charge in [0.25, 0.3) is 0 Å². The zero-order valence-corrected chi connectivity index (χ0v) is 28.8. The fourth-order valence-electron chi connectivity index (χ4n) is 5.12. The third kappa shape index (κ3) is 11.5. The van der Waals surface area contributed by atoms with Gasteiger partial charge in [-0.3, -0.25) is 19.4 Å². The van der Waals surface area contributed by atoms with E-state index in [4.69, 9.17) is 16.3 Å². The van der Waals surface area contributed by atoms with Crippen molar-refractivity contribution < 1.29 is 50.3 Å². The Hall–Kier alpha value is -5.00. The molecule has 0 atom stereocenters. The lowest BCUT2D eigenvalue weighted by Crippen LogP contribution is -2.42. The standard InChI is InChI=1S/C29H34ClN7O3.C4F6O2/c1-29(2,3)40-28(39)37-10-8-18(9-11-37)13-25(38)35-24-7-6-21-14-20(24)5-4-19-12-22(16-31-15-19)34-27-32-17-23(30)26(33-21)36-27;5-3(6,7)1(11)2(12)4(8,9)10/h6-7,12,14-18H,4-5,8-11,13H2,1-3H3,(H,35,38)(H2,32,33,34,36);. The number of rotatable bonds is 4. The number of ketones is 2. The number of hydrogen-bond acceptors (Lipinski definition) is 10. The Morgan fingerprint density at radius 2 is 1.56 bits per heavy atom. The molecule has 3 aromatic rings. The van der Waals surface area contributed by atoms with Crippen LogP contribution in [0.25, 0.3) is 0 Å². The first kappa shape index (κ1) is 39.8.